The largest absolute Gasteiger partial charge is 0.480 e. The highest BCUT2D eigenvalue weighted by Gasteiger charge is 2.29. The molecule has 0 bridgehead atoms. The van der Waals surface area contributed by atoms with Gasteiger partial charge in [-0.15, -0.1) is 0 Å². The summed E-state index contributed by atoms with van der Waals surface area (Å²) in [4.78, 5) is 36.9. The topological polar surface area (TPSA) is 95.9 Å². The Balaban J connectivity index is 1.46. The van der Waals surface area contributed by atoms with Crippen LogP contribution in [0.4, 0.5) is 10.5 Å². The Hall–Kier alpha value is -3.84. The van der Waals surface area contributed by atoms with E-state index in [0.717, 1.165) is 27.2 Å². The van der Waals surface area contributed by atoms with Crippen LogP contribution in [0.2, 0.25) is 5.02 Å². The number of likely N-dealkylation sites (N-methyl/N-ethyl adjacent to an activating group) is 1. The molecule has 3 aromatic rings. The zero-order valence-electron chi connectivity index (χ0n) is 17.7. The average Bonchev–Trinajstić information content (AvgIpc) is 3.12. The summed E-state index contributed by atoms with van der Waals surface area (Å²) in [6.45, 7) is -0.311. The van der Waals surface area contributed by atoms with E-state index in [0.29, 0.717) is 0 Å². The molecule has 0 saturated carbocycles. The molecule has 2 amide bonds. The van der Waals surface area contributed by atoms with Crippen LogP contribution in [0.25, 0.3) is 11.1 Å². The SMILES string of the molecule is CN(CC(=O)O)C(=O)c1ccc(Cl)c(NC(=O)OCC2c3ccccc3-c3ccccc32)c1. The minimum absolute atomic E-state index is 0.0868. The zero-order valence-corrected chi connectivity index (χ0v) is 18.5. The van der Waals surface area contributed by atoms with Crippen molar-refractivity contribution in [3.8, 4) is 11.1 Å². The highest BCUT2D eigenvalue weighted by molar-refractivity contribution is 6.33. The second kappa shape index (κ2) is 9.34. The molecule has 0 spiro atoms. The van der Waals surface area contributed by atoms with E-state index in [4.69, 9.17) is 21.4 Å². The van der Waals surface area contributed by atoms with Gasteiger partial charge >= 0.3 is 12.1 Å². The van der Waals surface area contributed by atoms with E-state index >= 15 is 0 Å². The van der Waals surface area contributed by atoms with Gasteiger partial charge in [-0.3, -0.25) is 14.9 Å². The van der Waals surface area contributed by atoms with Crippen molar-refractivity contribution in [2.45, 2.75) is 5.92 Å². The van der Waals surface area contributed by atoms with Crippen molar-refractivity contribution in [2.75, 3.05) is 25.5 Å². The Morgan fingerprint density at radius 2 is 1.61 bits per heavy atom. The lowest BCUT2D eigenvalue weighted by molar-refractivity contribution is -0.137. The molecule has 7 nitrogen and oxygen atoms in total. The number of amides is 2. The van der Waals surface area contributed by atoms with Gasteiger partial charge in [0.25, 0.3) is 5.91 Å². The van der Waals surface area contributed by atoms with Crippen LogP contribution in [-0.4, -0.2) is 48.2 Å². The molecule has 0 atom stereocenters. The molecule has 1 aliphatic carbocycles. The molecule has 0 saturated heterocycles. The Bertz CT molecular complexity index is 1200. The minimum Gasteiger partial charge on any atom is -0.480 e. The second-order valence-electron chi connectivity index (χ2n) is 7.70. The fraction of sp³-hybridized carbons (Fsp3) is 0.160. The van der Waals surface area contributed by atoms with E-state index in [9.17, 15) is 14.4 Å². The van der Waals surface area contributed by atoms with Crippen molar-refractivity contribution in [3.63, 3.8) is 0 Å². The van der Waals surface area contributed by atoms with Gasteiger partial charge in [0, 0.05) is 18.5 Å². The van der Waals surface area contributed by atoms with E-state index in [1.54, 1.807) is 0 Å². The Morgan fingerprint density at radius 3 is 2.21 bits per heavy atom. The molecular weight excluding hydrogens is 444 g/mol. The fourth-order valence-electron chi connectivity index (χ4n) is 3.99. The minimum atomic E-state index is -1.13. The lowest BCUT2D eigenvalue weighted by Crippen LogP contribution is -2.32. The van der Waals surface area contributed by atoms with Crippen LogP contribution >= 0.6 is 11.6 Å². The Morgan fingerprint density at radius 1 is 1.00 bits per heavy atom. The Kier molecular flexibility index (Phi) is 6.33. The maximum Gasteiger partial charge on any atom is 0.411 e. The van der Waals surface area contributed by atoms with Gasteiger partial charge in [-0.1, -0.05) is 60.1 Å². The number of fused-ring (bicyclic) bond motifs is 3. The molecule has 168 valence electrons. The predicted octanol–water partition coefficient (Wildman–Crippen LogP) is 4.86. The quantitative estimate of drug-likeness (QED) is 0.543. The number of carbonyl (C=O) groups is 3. The highest BCUT2D eigenvalue weighted by Crippen LogP contribution is 2.44. The number of carboxylic acids is 1. The summed E-state index contributed by atoms with van der Waals surface area (Å²) in [7, 11) is 1.38. The van der Waals surface area contributed by atoms with Crippen molar-refractivity contribution in [1.29, 1.82) is 0 Å². The molecule has 0 heterocycles. The van der Waals surface area contributed by atoms with E-state index in [-0.39, 0.29) is 28.8 Å². The van der Waals surface area contributed by atoms with E-state index < -0.39 is 24.5 Å². The molecule has 0 radical (unpaired) electrons. The first-order valence-corrected chi connectivity index (χ1v) is 10.6. The third kappa shape index (κ3) is 4.68. The maximum absolute atomic E-state index is 12.5. The molecular formula is C25H21ClN2O5. The monoisotopic (exact) mass is 464 g/mol. The van der Waals surface area contributed by atoms with E-state index in [1.807, 2.05) is 36.4 Å². The number of aliphatic carboxylic acids is 1. The molecule has 2 N–H and O–H groups in total. The number of nitrogens with one attached hydrogen (secondary N) is 1. The lowest BCUT2D eigenvalue weighted by Gasteiger charge is -2.17. The molecule has 0 aliphatic heterocycles. The molecule has 8 heteroatoms. The van der Waals surface area contributed by atoms with Gasteiger partial charge in [-0.25, -0.2) is 4.79 Å². The van der Waals surface area contributed by atoms with Crippen LogP contribution in [0, 0.1) is 0 Å². The number of ether oxygens (including phenoxy) is 1. The third-order valence-electron chi connectivity index (χ3n) is 5.51. The van der Waals surface area contributed by atoms with Crippen LogP contribution < -0.4 is 5.32 Å². The Labute approximate surface area is 195 Å². The predicted molar refractivity (Wildman–Crippen MR) is 125 cm³/mol. The van der Waals surface area contributed by atoms with Crippen LogP contribution in [0.1, 0.15) is 27.4 Å². The van der Waals surface area contributed by atoms with Gasteiger partial charge in [0.1, 0.15) is 13.2 Å². The summed E-state index contributed by atoms with van der Waals surface area (Å²) in [6.07, 6.45) is -0.706. The number of rotatable bonds is 6. The number of hydrogen-bond acceptors (Lipinski definition) is 4. The van der Waals surface area contributed by atoms with Crippen molar-refractivity contribution >= 4 is 35.3 Å². The first kappa shape index (κ1) is 22.4. The molecule has 3 aromatic carbocycles. The normalized spacial score (nSPS) is 11.9. The number of nitrogens with zero attached hydrogens (tertiary/aromatic N) is 1. The molecule has 33 heavy (non-hydrogen) atoms. The second-order valence-corrected chi connectivity index (χ2v) is 8.11. The zero-order chi connectivity index (χ0) is 23.5. The first-order valence-electron chi connectivity index (χ1n) is 10.2. The number of carboxylic acid groups (broad SMARTS) is 1. The van der Waals surface area contributed by atoms with Gasteiger partial charge < -0.3 is 14.7 Å². The van der Waals surface area contributed by atoms with E-state index in [1.165, 1.54) is 25.2 Å². The molecule has 4 rings (SSSR count). The number of anilines is 1. The summed E-state index contributed by atoms with van der Waals surface area (Å²) in [6, 6.07) is 20.4. The number of halogens is 1. The van der Waals surface area contributed by atoms with Crippen molar-refractivity contribution < 1.29 is 24.2 Å². The summed E-state index contributed by atoms with van der Waals surface area (Å²) in [5.41, 5.74) is 4.83. The van der Waals surface area contributed by atoms with Gasteiger partial charge in [-0.05, 0) is 40.5 Å². The van der Waals surface area contributed by atoms with Crippen LogP contribution in [-0.2, 0) is 9.53 Å². The van der Waals surface area contributed by atoms with Crippen molar-refractivity contribution in [3.05, 3.63) is 88.4 Å². The van der Waals surface area contributed by atoms with Crippen LogP contribution in [0.15, 0.2) is 66.7 Å². The molecule has 0 fully saturated rings. The summed E-state index contributed by atoms with van der Waals surface area (Å²) in [5, 5.41) is 11.7. The molecule has 1 aliphatic rings. The van der Waals surface area contributed by atoms with Crippen molar-refractivity contribution in [2.24, 2.45) is 0 Å². The van der Waals surface area contributed by atoms with E-state index in [2.05, 4.69) is 17.4 Å². The van der Waals surface area contributed by atoms with Gasteiger partial charge in [-0.2, -0.15) is 0 Å². The maximum atomic E-state index is 12.5. The molecule has 0 unspecified atom stereocenters. The van der Waals surface area contributed by atoms with Gasteiger partial charge in [0.05, 0.1) is 10.7 Å². The number of hydrogen-bond donors (Lipinski definition) is 2. The standard InChI is InChI=1S/C25H21ClN2O5/c1-28(13-23(29)30)24(31)15-10-11-21(26)22(12-15)27-25(32)33-14-20-18-8-4-2-6-16(18)17-7-3-5-9-19(17)20/h2-12,20H,13-14H2,1H3,(H,27,32)(H,29,30). The van der Waals surface area contributed by atoms with Crippen LogP contribution in [0.5, 0.6) is 0 Å². The first-order chi connectivity index (χ1) is 15.8. The third-order valence-corrected chi connectivity index (χ3v) is 5.84. The smallest absolute Gasteiger partial charge is 0.411 e. The molecule has 0 aromatic heterocycles. The average molecular weight is 465 g/mol. The van der Waals surface area contributed by atoms with Crippen LogP contribution in [0.3, 0.4) is 0 Å². The van der Waals surface area contributed by atoms with Gasteiger partial charge in [0.15, 0.2) is 0 Å². The highest BCUT2D eigenvalue weighted by atomic mass is 35.5. The van der Waals surface area contributed by atoms with Gasteiger partial charge in [0.2, 0.25) is 0 Å². The number of benzene rings is 3. The summed E-state index contributed by atoms with van der Waals surface area (Å²) >= 11 is 6.18. The van der Waals surface area contributed by atoms with Crippen molar-refractivity contribution in [1.82, 2.24) is 4.90 Å². The number of carbonyl (C=O) groups excluding carboxylic acids is 2. The fourth-order valence-corrected chi connectivity index (χ4v) is 4.16. The summed E-state index contributed by atoms with van der Waals surface area (Å²) in [5.74, 6) is -1.72. The lowest BCUT2D eigenvalue weighted by atomic mass is 9.98. The summed E-state index contributed by atoms with van der Waals surface area (Å²) < 4.78 is 5.52.